The van der Waals surface area contributed by atoms with E-state index in [4.69, 9.17) is 0 Å². The Bertz CT molecular complexity index is 575. The van der Waals surface area contributed by atoms with Crippen molar-refractivity contribution < 1.29 is 0 Å². The molecule has 0 fully saturated rings. The third-order valence-electron chi connectivity index (χ3n) is 2.79. The van der Waals surface area contributed by atoms with Gasteiger partial charge in [-0.2, -0.15) is 0 Å². The number of H-pyrrole nitrogens is 1. The van der Waals surface area contributed by atoms with Crippen LogP contribution >= 0.6 is 0 Å². The van der Waals surface area contributed by atoms with Gasteiger partial charge in [-0.25, -0.2) is 4.98 Å². The topological polar surface area (TPSA) is 57.8 Å². The molecular formula is C14H17N3O. The van der Waals surface area contributed by atoms with E-state index in [0.29, 0.717) is 17.9 Å². The highest BCUT2D eigenvalue weighted by molar-refractivity contribution is 5.62. The highest BCUT2D eigenvalue weighted by Crippen LogP contribution is 2.17. The fourth-order valence-corrected chi connectivity index (χ4v) is 1.78. The molecule has 4 nitrogen and oxygen atoms in total. The van der Waals surface area contributed by atoms with Crippen molar-refractivity contribution in [1.82, 2.24) is 15.3 Å². The fourth-order valence-electron chi connectivity index (χ4n) is 1.78. The van der Waals surface area contributed by atoms with Gasteiger partial charge in [0, 0.05) is 11.1 Å². The van der Waals surface area contributed by atoms with E-state index in [-0.39, 0.29) is 5.56 Å². The zero-order valence-electron chi connectivity index (χ0n) is 10.7. The maximum atomic E-state index is 11.9. The lowest BCUT2D eigenvalue weighted by Gasteiger charge is -2.08. The third-order valence-corrected chi connectivity index (χ3v) is 2.79. The Kier molecular flexibility index (Phi) is 3.89. The van der Waals surface area contributed by atoms with E-state index in [2.05, 4.69) is 15.3 Å². The van der Waals surface area contributed by atoms with Crippen molar-refractivity contribution in [2.45, 2.75) is 20.4 Å². The number of hydrogen-bond acceptors (Lipinski definition) is 3. The number of aromatic nitrogens is 2. The predicted molar refractivity (Wildman–Crippen MR) is 72.4 cm³/mol. The smallest absolute Gasteiger partial charge is 0.254 e. The SMILES string of the molecule is CCNCc1nc(-c2ccccc2)c(C)c(=O)[nH]1. The van der Waals surface area contributed by atoms with Gasteiger partial charge < -0.3 is 10.3 Å². The Hall–Kier alpha value is -1.94. The molecule has 1 heterocycles. The second-order valence-electron chi connectivity index (χ2n) is 4.13. The van der Waals surface area contributed by atoms with Crippen molar-refractivity contribution in [2.24, 2.45) is 0 Å². The molecule has 0 aliphatic carbocycles. The van der Waals surface area contributed by atoms with Gasteiger partial charge in [-0.3, -0.25) is 4.79 Å². The molecule has 0 aliphatic heterocycles. The fraction of sp³-hybridized carbons (Fsp3) is 0.286. The first-order chi connectivity index (χ1) is 8.72. The summed E-state index contributed by atoms with van der Waals surface area (Å²) in [5.41, 5.74) is 2.31. The van der Waals surface area contributed by atoms with E-state index < -0.39 is 0 Å². The number of nitrogens with one attached hydrogen (secondary N) is 2. The molecule has 1 aromatic heterocycles. The van der Waals surface area contributed by atoms with Crippen LogP contribution in [0.15, 0.2) is 35.1 Å². The molecule has 0 saturated carbocycles. The van der Waals surface area contributed by atoms with E-state index in [1.807, 2.05) is 37.3 Å². The van der Waals surface area contributed by atoms with Crippen LogP contribution in [0.2, 0.25) is 0 Å². The van der Waals surface area contributed by atoms with Gasteiger partial charge in [0.15, 0.2) is 0 Å². The normalized spacial score (nSPS) is 10.6. The molecule has 2 rings (SSSR count). The van der Waals surface area contributed by atoms with Crippen LogP contribution in [0.3, 0.4) is 0 Å². The van der Waals surface area contributed by atoms with Crippen LogP contribution in [0.5, 0.6) is 0 Å². The molecule has 1 aromatic carbocycles. The first kappa shape index (κ1) is 12.5. The number of benzene rings is 1. The highest BCUT2D eigenvalue weighted by Gasteiger charge is 2.08. The summed E-state index contributed by atoms with van der Waals surface area (Å²) in [6.07, 6.45) is 0. The van der Waals surface area contributed by atoms with Crippen LogP contribution < -0.4 is 10.9 Å². The summed E-state index contributed by atoms with van der Waals surface area (Å²) in [6, 6.07) is 9.77. The molecule has 0 radical (unpaired) electrons. The average molecular weight is 243 g/mol. The molecule has 4 heteroatoms. The quantitative estimate of drug-likeness (QED) is 0.861. The van der Waals surface area contributed by atoms with Crippen LogP contribution in [0, 0.1) is 6.92 Å². The molecule has 2 aromatic rings. The lowest BCUT2D eigenvalue weighted by Crippen LogP contribution is -2.21. The van der Waals surface area contributed by atoms with E-state index >= 15 is 0 Å². The van der Waals surface area contributed by atoms with Crippen molar-refractivity contribution in [3.63, 3.8) is 0 Å². The minimum atomic E-state index is -0.0724. The van der Waals surface area contributed by atoms with Crippen LogP contribution in [0.1, 0.15) is 18.3 Å². The summed E-state index contributed by atoms with van der Waals surface area (Å²) in [5, 5.41) is 3.16. The van der Waals surface area contributed by atoms with Gasteiger partial charge in [-0.1, -0.05) is 37.3 Å². The maximum Gasteiger partial charge on any atom is 0.254 e. The first-order valence-electron chi connectivity index (χ1n) is 6.08. The van der Waals surface area contributed by atoms with Crippen molar-refractivity contribution in [1.29, 1.82) is 0 Å². The molecule has 94 valence electrons. The number of hydrogen-bond donors (Lipinski definition) is 2. The molecular weight excluding hydrogens is 226 g/mol. The molecule has 18 heavy (non-hydrogen) atoms. The predicted octanol–water partition coefficient (Wildman–Crippen LogP) is 1.85. The Balaban J connectivity index is 2.46. The van der Waals surface area contributed by atoms with Gasteiger partial charge in [0.2, 0.25) is 0 Å². The van der Waals surface area contributed by atoms with E-state index in [0.717, 1.165) is 17.8 Å². The number of rotatable bonds is 4. The Morgan fingerprint density at radius 3 is 2.67 bits per heavy atom. The summed E-state index contributed by atoms with van der Waals surface area (Å²) >= 11 is 0. The second-order valence-corrected chi connectivity index (χ2v) is 4.13. The monoisotopic (exact) mass is 243 g/mol. The minimum Gasteiger partial charge on any atom is -0.310 e. The van der Waals surface area contributed by atoms with Gasteiger partial charge in [0.05, 0.1) is 12.2 Å². The van der Waals surface area contributed by atoms with Crippen molar-refractivity contribution >= 4 is 0 Å². The van der Waals surface area contributed by atoms with Crippen molar-refractivity contribution in [2.75, 3.05) is 6.54 Å². The molecule has 0 bridgehead atoms. The summed E-state index contributed by atoms with van der Waals surface area (Å²) < 4.78 is 0. The largest absolute Gasteiger partial charge is 0.310 e. The number of aromatic amines is 1. The lowest BCUT2D eigenvalue weighted by atomic mass is 10.1. The highest BCUT2D eigenvalue weighted by atomic mass is 16.1. The van der Waals surface area contributed by atoms with Gasteiger partial charge in [-0.15, -0.1) is 0 Å². The Morgan fingerprint density at radius 1 is 1.28 bits per heavy atom. The zero-order chi connectivity index (χ0) is 13.0. The first-order valence-corrected chi connectivity index (χ1v) is 6.08. The van der Waals surface area contributed by atoms with Crippen molar-refractivity contribution in [3.8, 4) is 11.3 Å². The van der Waals surface area contributed by atoms with E-state index in [1.165, 1.54) is 0 Å². The van der Waals surface area contributed by atoms with E-state index in [1.54, 1.807) is 6.92 Å². The van der Waals surface area contributed by atoms with Gasteiger partial charge in [0.25, 0.3) is 5.56 Å². The van der Waals surface area contributed by atoms with Crippen LogP contribution in [0.4, 0.5) is 0 Å². The molecule has 0 aliphatic rings. The van der Waals surface area contributed by atoms with Crippen LogP contribution in [-0.2, 0) is 6.54 Å². The standard InChI is InChI=1S/C14H17N3O/c1-3-15-9-12-16-13(10(2)14(18)17-12)11-7-5-4-6-8-11/h4-8,15H,3,9H2,1-2H3,(H,16,17,18). The second kappa shape index (κ2) is 5.60. The lowest BCUT2D eigenvalue weighted by molar-refractivity contribution is 0.687. The Morgan fingerprint density at radius 2 is 2.00 bits per heavy atom. The van der Waals surface area contributed by atoms with Gasteiger partial charge in [-0.05, 0) is 13.5 Å². The average Bonchev–Trinajstić information content (AvgIpc) is 2.41. The Labute approximate surface area is 106 Å². The van der Waals surface area contributed by atoms with Gasteiger partial charge >= 0.3 is 0 Å². The van der Waals surface area contributed by atoms with E-state index in [9.17, 15) is 4.79 Å². The molecule has 0 unspecified atom stereocenters. The van der Waals surface area contributed by atoms with Crippen molar-refractivity contribution in [3.05, 3.63) is 52.1 Å². The summed E-state index contributed by atoms with van der Waals surface area (Å²) in [5.74, 6) is 0.673. The van der Waals surface area contributed by atoms with Gasteiger partial charge in [0.1, 0.15) is 5.82 Å². The summed E-state index contributed by atoms with van der Waals surface area (Å²) in [6.45, 7) is 5.24. The molecule has 0 atom stereocenters. The minimum absolute atomic E-state index is 0.0724. The zero-order valence-corrected chi connectivity index (χ0v) is 10.7. The number of nitrogens with zero attached hydrogens (tertiary/aromatic N) is 1. The third kappa shape index (κ3) is 2.65. The van der Waals surface area contributed by atoms with Crippen LogP contribution in [-0.4, -0.2) is 16.5 Å². The summed E-state index contributed by atoms with van der Waals surface area (Å²) in [4.78, 5) is 19.2. The molecule has 0 amide bonds. The maximum absolute atomic E-state index is 11.9. The summed E-state index contributed by atoms with van der Waals surface area (Å²) in [7, 11) is 0. The molecule has 0 spiro atoms. The van der Waals surface area contributed by atoms with Crippen LogP contribution in [0.25, 0.3) is 11.3 Å². The molecule has 0 saturated heterocycles. The molecule has 2 N–H and O–H groups in total.